The van der Waals surface area contributed by atoms with Gasteiger partial charge in [0.05, 0.1) is 5.92 Å². The van der Waals surface area contributed by atoms with Crippen LogP contribution in [0.2, 0.25) is 0 Å². The van der Waals surface area contributed by atoms with Crippen LogP contribution in [0.5, 0.6) is 0 Å². The summed E-state index contributed by atoms with van der Waals surface area (Å²) in [7, 11) is 0. The molecule has 114 valence electrons. The van der Waals surface area contributed by atoms with Gasteiger partial charge in [0.25, 0.3) is 0 Å². The number of nitrogens with one attached hydrogen (secondary N) is 1. The van der Waals surface area contributed by atoms with Crippen molar-refractivity contribution in [1.29, 1.82) is 0 Å². The summed E-state index contributed by atoms with van der Waals surface area (Å²) in [6.45, 7) is 2.68. The van der Waals surface area contributed by atoms with Crippen LogP contribution in [0.3, 0.4) is 0 Å². The summed E-state index contributed by atoms with van der Waals surface area (Å²) in [6, 6.07) is 5.96. The van der Waals surface area contributed by atoms with E-state index >= 15 is 0 Å². The highest BCUT2D eigenvalue weighted by Gasteiger charge is 2.27. The second-order valence-corrected chi connectivity index (χ2v) is 6.37. The van der Waals surface area contributed by atoms with Crippen molar-refractivity contribution in [2.24, 2.45) is 11.8 Å². The standard InChI is InChI=1S/C17H25N3O/c21-17(19-12-14-6-1-2-7-14)15-8-5-11-20(13-15)16-9-3-4-10-18-16/h3-4,9-10,14-15H,1-2,5-8,11-13H2,(H,19,21). The van der Waals surface area contributed by atoms with E-state index in [1.165, 1.54) is 25.7 Å². The number of pyridine rings is 1. The number of nitrogens with zero attached hydrogens (tertiary/aromatic N) is 2. The first-order chi connectivity index (χ1) is 10.3. The summed E-state index contributed by atoms with van der Waals surface area (Å²) < 4.78 is 0. The predicted molar refractivity (Wildman–Crippen MR) is 84.1 cm³/mol. The average Bonchev–Trinajstić information content (AvgIpc) is 3.07. The lowest BCUT2D eigenvalue weighted by Gasteiger charge is -2.33. The van der Waals surface area contributed by atoms with Crippen LogP contribution in [-0.4, -0.2) is 30.5 Å². The molecular formula is C17H25N3O. The molecule has 4 nitrogen and oxygen atoms in total. The zero-order chi connectivity index (χ0) is 14.5. The molecule has 1 aromatic heterocycles. The third kappa shape index (κ3) is 3.74. The van der Waals surface area contributed by atoms with Gasteiger partial charge < -0.3 is 10.2 Å². The van der Waals surface area contributed by atoms with E-state index in [2.05, 4.69) is 15.2 Å². The molecule has 0 radical (unpaired) electrons. The van der Waals surface area contributed by atoms with Crippen molar-refractivity contribution in [2.45, 2.75) is 38.5 Å². The van der Waals surface area contributed by atoms with E-state index in [4.69, 9.17) is 0 Å². The quantitative estimate of drug-likeness (QED) is 0.926. The van der Waals surface area contributed by atoms with Crippen molar-refractivity contribution in [3.05, 3.63) is 24.4 Å². The van der Waals surface area contributed by atoms with Gasteiger partial charge in [0, 0.05) is 25.8 Å². The molecule has 1 aromatic rings. The molecule has 1 amide bonds. The molecule has 1 unspecified atom stereocenters. The molecule has 21 heavy (non-hydrogen) atoms. The summed E-state index contributed by atoms with van der Waals surface area (Å²) in [6.07, 6.45) is 9.11. The normalized spacial score (nSPS) is 23.2. The van der Waals surface area contributed by atoms with Crippen LogP contribution >= 0.6 is 0 Å². The van der Waals surface area contributed by atoms with Crippen LogP contribution in [0.1, 0.15) is 38.5 Å². The number of amides is 1. The Morgan fingerprint density at radius 3 is 2.86 bits per heavy atom. The molecule has 1 N–H and O–H groups in total. The Labute approximate surface area is 126 Å². The van der Waals surface area contributed by atoms with Gasteiger partial charge >= 0.3 is 0 Å². The maximum atomic E-state index is 12.4. The highest BCUT2D eigenvalue weighted by molar-refractivity contribution is 5.79. The minimum Gasteiger partial charge on any atom is -0.356 e. The van der Waals surface area contributed by atoms with E-state index in [-0.39, 0.29) is 11.8 Å². The monoisotopic (exact) mass is 287 g/mol. The summed E-state index contributed by atoms with van der Waals surface area (Å²) in [5.41, 5.74) is 0. The molecule has 2 aliphatic rings. The number of piperidine rings is 1. The van der Waals surface area contributed by atoms with E-state index in [0.717, 1.165) is 38.3 Å². The number of carbonyl (C=O) groups excluding carboxylic acids is 1. The van der Waals surface area contributed by atoms with E-state index in [9.17, 15) is 4.79 Å². The summed E-state index contributed by atoms with van der Waals surface area (Å²) in [5, 5.41) is 3.18. The number of rotatable bonds is 4. The first kappa shape index (κ1) is 14.4. The Balaban J connectivity index is 1.51. The van der Waals surface area contributed by atoms with Crippen LogP contribution < -0.4 is 10.2 Å². The zero-order valence-corrected chi connectivity index (χ0v) is 12.6. The summed E-state index contributed by atoms with van der Waals surface area (Å²) in [5.74, 6) is 2.06. The molecular weight excluding hydrogens is 262 g/mol. The van der Waals surface area contributed by atoms with Gasteiger partial charge in [-0.05, 0) is 43.7 Å². The van der Waals surface area contributed by atoms with Crippen molar-refractivity contribution in [3.8, 4) is 0 Å². The van der Waals surface area contributed by atoms with Gasteiger partial charge in [-0.15, -0.1) is 0 Å². The van der Waals surface area contributed by atoms with Gasteiger partial charge in [0.15, 0.2) is 0 Å². The molecule has 0 bridgehead atoms. The van der Waals surface area contributed by atoms with Gasteiger partial charge in [0.2, 0.25) is 5.91 Å². The lowest BCUT2D eigenvalue weighted by Crippen LogP contribution is -2.44. The number of hydrogen-bond acceptors (Lipinski definition) is 3. The number of hydrogen-bond donors (Lipinski definition) is 1. The first-order valence-electron chi connectivity index (χ1n) is 8.26. The Kier molecular flexibility index (Phi) is 4.73. The maximum absolute atomic E-state index is 12.4. The molecule has 2 fully saturated rings. The summed E-state index contributed by atoms with van der Waals surface area (Å²) in [4.78, 5) is 19.0. The van der Waals surface area contributed by atoms with Crippen LogP contribution in [0.4, 0.5) is 5.82 Å². The van der Waals surface area contributed by atoms with Gasteiger partial charge in [0.1, 0.15) is 5.82 Å². The van der Waals surface area contributed by atoms with Crippen molar-refractivity contribution in [1.82, 2.24) is 10.3 Å². The molecule has 1 saturated heterocycles. The van der Waals surface area contributed by atoms with Gasteiger partial charge in [-0.3, -0.25) is 4.79 Å². The van der Waals surface area contributed by atoms with E-state index < -0.39 is 0 Å². The van der Waals surface area contributed by atoms with Crippen LogP contribution in [0, 0.1) is 11.8 Å². The van der Waals surface area contributed by atoms with Gasteiger partial charge in [-0.1, -0.05) is 18.9 Å². The minimum atomic E-state index is 0.113. The Morgan fingerprint density at radius 2 is 2.10 bits per heavy atom. The molecule has 0 aromatic carbocycles. The van der Waals surface area contributed by atoms with Crippen LogP contribution in [0.15, 0.2) is 24.4 Å². The van der Waals surface area contributed by atoms with Crippen molar-refractivity contribution in [2.75, 3.05) is 24.5 Å². The number of anilines is 1. The highest BCUT2D eigenvalue weighted by atomic mass is 16.1. The average molecular weight is 287 g/mol. The van der Waals surface area contributed by atoms with Crippen molar-refractivity contribution < 1.29 is 4.79 Å². The summed E-state index contributed by atoms with van der Waals surface area (Å²) >= 11 is 0. The third-order valence-corrected chi connectivity index (χ3v) is 4.81. The van der Waals surface area contributed by atoms with Gasteiger partial charge in [-0.25, -0.2) is 4.98 Å². The van der Waals surface area contributed by atoms with Crippen LogP contribution in [-0.2, 0) is 4.79 Å². The van der Waals surface area contributed by atoms with Crippen molar-refractivity contribution in [3.63, 3.8) is 0 Å². The van der Waals surface area contributed by atoms with E-state index in [0.29, 0.717) is 5.92 Å². The Hall–Kier alpha value is -1.58. The lowest BCUT2D eigenvalue weighted by atomic mass is 9.96. The van der Waals surface area contributed by atoms with E-state index in [1.807, 2.05) is 24.4 Å². The Bertz CT molecular complexity index is 456. The molecule has 1 saturated carbocycles. The maximum Gasteiger partial charge on any atom is 0.224 e. The highest BCUT2D eigenvalue weighted by Crippen LogP contribution is 2.25. The smallest absolute Gasteiger partial charge is 0.224 e. The minimum absolute atomic E-state index is 0.113. The number of aromatic nitrogens is 1. The first-order valence-corrected chi connectivity index (χ1v) is 8.26. The second kappa shape index (κ2) is 6.92. The second-order valence-electron chi connectivity index (χ2n) is 6.37. The largest absolute Gasteiger partial charge is 0.356 e. The molecule has 1 aliphatic heterocycles. The lowest BCUT2D eigenvalue weighted by molar-refractivity contribution is -0.125. The fourth-order valence-electron chi connectivity index (χ4n) is 3.54. The van der Waals surface area contributed by atoms with Crippen molar-refractivity contribution >= 4 is 11.7 Å². The molecule has 0 spiro atoms. The molecule has 1 atom stereocenters. The fraction of sp³-hybridized carbons (Fsp3) is 0.647. The Morgan fingerprint density at radius 1 is 1.24 bits per heavy atom. The molecule has 1 aliphatic carbocycles. The molecule has 4 heteroatoms. The number of carbonyl (C=O) groups is 1. The topological polar surface area (TPSA) is 45.2 Å². The zero-order valence-electron chi connectivity index (χ0n) is 12.6. The van der Waals surface area contributed by atoms with Gasteiger partial charge in [-0.2, -0.15) is 0 Å². The van der Waals surface area contributed by atoms with E-state index in [1.54, 1.807) is 0 Å². The molecule has 2 heterocycles. The fourth-order valence-corrected chi connectivity index (χ4v) is 3.54. The molecule has 3 rings (SSSR count). The third-order valence-electron chi connectivity index (χ3n) is 4.81. The predicted octanol–water partition coefficient (Wildman–Crippen LogP) is 2.60. The SMILES string of the molecule is O=C(NCC1CCCC1)C1CCCN(c2ccccn2)C1. The van der Waals surface area contributed by atoms with Crippen LogP contribution in [0.25, 0.3) is 0 Å².